The molecule has 0 amide bonds. The van der Waals surface area contributed by atoms with Crippen molar-refractivity contribution in [2.24, 2.45) is 10.1 Å². The fourth-order valence-electron chi connectivity index (χ4n) is 1.84. The van der Waals surface area contributed by atoms with E-state index in [0.29, 0.717) is 29.1 Å². The van der Waals surface area contributed by atoms with Crippen molar-refractivity contribution in [3.05, 3.63) is 33.8 Å². The summed E-state index contributed by atoms with van der Waals surface area (Å²) in [5.74, 6) is 0.427. The summed E-state index contributed by atoms with van der Waals surface area (Å²) in [5.41, 5.74) is 1.03. The molecule has 1 rings (SSSR count). The molecule has 0 saturated carbocycles. The number of primary sulfonamides is 1. The Bertz CT molecular complexity index is 636. The Morgan fingerprint density at radius 1 is 1.30 bits per heavy atom. The summed E-state index contributed by atoms with van der Waals surface area (Å²) in [4.78, 5) is 4.38. The number of aryl methyl sites for hydroxylation is 1. The van der Waals surface area contributed by atoms with Crippen LogP contribution in [0.1, 0.15) is 18.9 Å². The first kappa shape index (κ1) is 20.0. The fourth-order valence-corrected chi connectivity index (χ4v) is 2.73. The summed E-state index contributed by atoms with van der Waals surface area (Å²) < 4.78 is 21.8. The molecule has 0 spiro atoms. The first-order valence-electron chi connectivity index (χ1n) is 7.28. The number of benzene rings is 1. The molecular weight excluding hydrogens is 359 g/mol. The Labute approximate surface area is 147 Å². The zero-order valence-electron chi connectivity index (χ0n) is 13.0. The third-order valence-electron chi connectivity index (χ3n) is 2.91. The minimum atomic E-state index is -3.47. The molecule has 0 heterocycles. The number of nitrogens with two attached hydrogens (primary N) is 1. The number of nitrogens with zero attached hydrogens (tertiary/aromatic N) is 1. The van der Waals surface area contributed by atoms with Gasteiger partial charge >= 0.3 is 0 Å². The van der Waals surface area contributed by atoms with Gasteiger partial charge in [0.15, 0.2) is 5.96 Å². The number of aliphatic imine (C=N–C) groups is 1. The van der Waals surface area contributed by atoms with E-state index in [1.807, 2.05) is 19.1 Å². The summed E-state index contributed by atoms with van der Waals surface area (Å²) in [6.45, 7) is 3.42. The molecule has 9 heteroatoms. The molecule has 4 N–H and O–H groups in total. The van der Waals surface area contributed by atoms with Gasteiger partial charge in [0.05, 0.1) is 5.75 Å². The maximum Gasteiger partial charge on any atom is 0.210 e. The minimum absolute atomic E-state index is 0.141. The molecule has 0 atom stereocenters. The summed E-state index contributed by atoms with van der Waals surface area (Å²) in [5, 5.41) is 12.2. The molecule has 0 bridgehead atoms. The summed E-state index contributed by atoms with van der Waals surface area (Å²) >= 11 is 12.0. The molecule has 0 unspecified atom stereocenters. The molecule has 1 aromatic carbocycles. The van der Waals surface area contributed by atoms with Crippen molar-refractivity contribution in [2.45, 2.75) is 19.8 Å². The fraction of sp³-hybridized carbons (Fsp3) is 0.500. The highest BCUT2D eigenvalue weighted by molar-refractivity contribution is 7.89. The highest BCUT2D eigenvalue weighted by Crippen LogP contribution is 2.21. The van der Waals surface area contributed by atoms with Crippen LogP contribution < -0.4 is 15.8 Å². The Morgan fingerprint density at radius 3 is 2.65 bits per heavy atom. The molecule has 0 radical (unpaired) electrons. The van der Waals surface area contributed by atoms with Crippen LogP contribution in [-0.2, 0) is 16.4 Å². The minimum Gasteiger partial charge on any atom is -0.357 e. The normalized spacial score (nSPS) is 12.3. The molecule has 6 nitrogen and oxygen atoms in total. The van der Waals surface area contributed by atoms with Gasteiger partial charge in [0.1, 0.15) is 0 Å². The van der Waals surface area contributed by atoms with E-state index in [0.717, 1.165) is 18.4 Å². The molecule has 1 aromatic rings. The van der Waals surface area contributed by atoms with Crippen molar-refractivity contribution in [3.8, 4) is 0 Å². The van der Waals surface area contributed by atoms with E-state index < -0.39 is 10.0 Å². The van der Waals surface area contributed by atoms with Crippen molar-refractivity contribution in [1.29, 1.82) is 0 Å². The Balaban J connectivity index is 2.44. The van der Waals surface area contributed by atoms with Crippen LogP contribution in [0, 0.1) is 0 Å². The van der Waals surface area contributed by atoms with E-state index in [1.165, 1.54) is 0 Å². The smallest absolute Gasteiger partial charge is 0.210 e. The molecule has 23 heavy (non-hydrogen) atoms. The van der Waals surface area contributed by atoms with Crippen molar-refractivity contribution >= 4 is 39.2 Å². The number of hydrogen-bond donors (Lipinski definition) is 3. The highest BCUT2D eigenvalue weighted by Gasteiger charge is 2.04. The third-order valence-corrected chi connectivity index (χ3v) is 4.27. The Morgan fingerprint density at radius 2 is 2.04 bits per heavy atom. The first-order chi connectivity index (χ1) is 10.8. The second kappa shape index (κ2) is 9.97. The van der Waals surface area contributed by atoms with Crippen molar-refractivity contribution in [3.63, 3.8) is 0 Å². The largest absolute Gasteiger partial charge is 0.357 e. The van der Waals surface area contributed by atoms with E-state index in [9.17, 15) is 8.42 Å². The monoisotopic (exact) mass is 380 g/mol. The van der Waals surface area contributed by atoms with Crippen LogP contribution in [0.2, 0.25) is 10.0 Å². The Hall–Kier alpha value is -1.02. The molecular formula is C14H22Cl2N4O2S. The Kier molecular flexibility index (Phi) is 8.68. The molecule has 0 fully saturated rings. The van der Waals surface area contributed by atoms with E-state index in [1.54, 1.807) is 6.07 Å². The predicted octanol–water partition coefficient (Wildman–Crippen LogP) is 1.77. The maximum absolute atomic E-state index is 10.9. The van der Waals surface area contributed by atoms with Crippen LogP contribution >= 0.6 is 23.2 Å². The number of rotatable bonds is 8. The third kappa shape index (κ3) is 9.00. The zero-order chi connectivity index (χ0) is 17.3. The van der Waals surface area contributed by atoms with Gasteiger partial charge in [-0.1, -0.05) is 29.3 Å². The van der Waals surface area contributed by atoms with Gasteiger partial charge in [-0.2, -0.15) is 0 Å². The van der Waals surface area contributed by atoms with Gasteiger partial charge in [-0.25, -0.2) is 13.6 Å². The maximum atomic E-state index is 10.9. The quantitative estimate of drug-likeness (QED) is 0.363. The van der Waals surface area contributed by atoms with Gasteiger partial charge in [-0.3, -0.25) is 4.99 Å². The van der Waals surface area contributed by atoms with Gasteiger partial charge in [0.25, 0.3) is 0 Å². The van der Waals surface area contributed by atoms with Gasteiger partial charge in [-0.05, 0) is 37.5 Å². The summed E-state index contributed by atoms with van der Waals surface area (Å²) in [7, 11) is -3.47. The molecule has 0 aliphatic rings. The van der Waals surface area contributed by atoms with Gasteiger partial charge < -0.3 is 10.6 Å². The number of hydrogen-bond acceptors (Lipinski definition) is 3. The zero-order valence-corrected chi connectivity index (χ0v) is 15.3. The molecule has 130 valence electrons. The van der Waals surface area contributed by atoms with Crippen LogP contribution in [-0.4, -0.2) is 39.8 Å². The van der Waals surface area contributed by atoms with E-state index in [-0.39, 0.29) is 12.3 Å². The van der Waals surface area contributed by atoms with Crippen LogP contribution in [0.15, 0.2) is 23.2 Å². The van der Waals surface area contributed by atoms with Crippen molar-refractivity contribution < 1.29 is 8.42 Å². The summed E-state index contributed by atoms with van der Waals surface area (Å²) in [6.07, 6.45) is 1.60. The lowest BCUT2D eigenvalue weighted by Crippen LogP contribution is -2.40. The number of sulfonamides is 1. The lowest BCUT2D eigenvalue weighted by atomic mass is 10.1. The lowest BCUT2D eigenvalue weighted by molar-refractivity contribution is 0.596. The highest BCUT2D eigenvalue weighted by atomic mass is 35.5. The predicted molar refractivity (Wildman–Crippen MR) is 96.7 cm³/mol. The molecule has 0 aliphatic heterocycles. The average molecular weight is 381 g/mol. The average Bonchev–Trinajstić information content (AvgIpc) is 2.44. The van der Waals surface area contributed by atoms with E-state index in [2.05, 4.69) is 15.6 Å². The van der Waals surface area contributed by atoms with Gasteiger partial charge in [-0.15, -0.1) is 0 Å². The standard InChI is InChI=1S/C14H22Cl2N4O2S/c1-2-18-14(20-8-9-23(17,21)22)19-7-3-4-11-5-6-12(15)10-13(11)16/h5-6,10H,2-4,7-9H2,1H3,(H2,17,21,22)(H2,18,19,20). The number of guanidine groups is 1. The lowest BCUT2D eigenvalue weighted by Gasteiger charge is -2.10. The first-order valence-corrected chi connectivity index (χ1v) is 9.75. The van der Waals surface area contributed by atoms with Gasteiger partial charge in [0, 0.05) is 29.7 Å². The topological polar surface area (TPSA) is 96.6 Å². The SMILES string of the molecule is CCNC(=NCCCc1ccc(Cl)cc1Cl)NCCS(N)(=O)=O. The van der Waals surface area contributed by atoms with E-state index in [4.69, 9.17) is 28.3 Å². The van der Waals surface area contributed by atoms with Crippen LogP contribution in [0.4, 0.5) is 0 Å². The van der Waals surface area contributed by atoms with Gasteiger partial charge in [0.2, 0.25) is 10.0 Å². The summed E-state index contributed by atoms with van der Waals surface area (Å²) in [6, 6.07) is 5.44. The molecule has 0 aliphatic carbocycles. The van der Waals surface area contributed by atoms with E-state index >= 15 is 0 Å². The second-order valence-electron chi connectivity index (χ2n) is 4.89. The number of halogens is 2. The van der Waals surface area contributed by atoms with Crippen LogP contribution in [0.25, 0.3) is 0 Å². The van der Waals surface area contributed by atoms with Crippen LogP contribution in [0.3, 0.4) is 0 Å². The second-order valence-corrected chi connectivity index (χ2v) is 7.47. The molecule has 0 aromatic heterocycles. The van der Waals surface area contributed by atoms with Crippen LogP contribution in [0.5, 0.6) is 0 Å². The van der Waals surface area contributed by atoms with Crippen molar-refractivity contribution in [1.82, 2.24) is 10.6 Å². The molecule has 0 saturated heterocycles. The van der Waals surface area contributed by atoms with Crippen molar-refractivity contribution in [2.75, 3.05) is 25.4 Å². The number of nitrogens with one attached hydrogen (secondary N) is 2.